The number of nitrogens with one attached hydrogen (secondary N) is 1. The van der Waals surface area contributed by atoms with Crippen LogP contribution in [0, 0.1) is 0 Å². The van der Waals surface area contributed by atoms with Crippen LogP contribution in [0.5, 0.6) is 0 Å². The summed E-state index contributed by atoms with van der Waals surface area (Å²) in [6.45, 7) is 1.61. The lowest BCUT2D eigenvalue weighted by Crippen LogP contribution is -2.07. The van der Waals surface area contributed by atoms with Crippen molar-refractivity contribution in [2.75, 3.05) is 0 Å². The number of nitrogens with zero attached hydrogens (tertiary/aromatic N) is 1. The Morgan fingerprint density at radius 1 is 1.67 bits per heavy atom. The van der Waals surface area contributed by atoms with Crippen molar-refractivity contribution in [3.8, 4) is 0 Å². The molecule has 12 heavy (non-hydrogen) atoms. The van der Waals surface area contributed by atoms with Crippen molar-refractivity contribution >= 4 is 30.8 Å². The van der Waals surface area contributed by atoms with E-state index in [9.17, 15) is 4.79 Å². The zero-order valence-electron chi connectivity index (χ0n) is 6.35. The Labute approximate surface area is 82.2 Å². The number of hydrogen-bond acceptors (Lipinski definition) is 2. The fraction of sp³-hybridized carbons (Fsp3) is 0.333. The van der Waals surface area contributed by atoms with Gasteiger partial charge < -0.3 is 10.1 Å². The smallest absolute Gasteiger partial charge is 0.312 e. The number of carboxylic acids is 1. The first-order chi connectivity index (χ1) is 4.72. The number of carboxylic acid groups (broad SMARTS) is 1. The van der Waals surface area contributed by atoms with E-state index >= 15 is 0 Å². The second-order valence-corrected chi connectivity index (χ2v) is 2.07. The van der Waals surface area contributed by atoms with Crippen LogP contribution < -0.4 is 0 Å². The third kappa shape index (κ3) is 3.11. The van der Waals surface area contributed by atoms with Crippen molar-refractivity contribution in [1.29, 1.82) is 0 Å². The molecule has 0 fully saturated rings. The lowest BCUT2D eigenvalue weighted by molar-refractivity contribution is -0.138. The zero-order chi connectivity index (χ0) is 7.56. The molecule has 1 heterocycles. The minimum atomic E-state index is -0.843. The molecule has 0 aliphatic heterocycles. The minimum Gasteiger partial charge on any atom is -0.481 e. The second-order valence-electron chi connectivity index (χ2n) is 2.07. The van der Waals surface area contributed by atoms with Crippen LogP contribution in [0.1, 0.15) is 18.5 Å². The number of aromatic nitrogens is 2. The number of halogens is 2. The van der Waals surface area contributed by atoms with Crippen molar-refractivity contribution < 1.29 is 9.90 Å². The SMILES string of the molecule is CC(C(=O)O)c1cnc[nH]1.Cl.Cl. The predicted molar refractivity (Wildman–Crippen MR) is 49.1 cm³/mol. The van der Waals surface area contributed by atoms with Gasteiger partial charge in [0.2, 0.25) is 0 Å². The number of aromatic amines is 1. The van der Waals surface area contributed by atoms with Crippen molar-refractivity contribution in [3.63, 3.8) is 0 Å². The maximum absolute atomic E-state index is 10.3. The van der Waals surface area contributed by atoms with Gasteiger partial charge in [0.05, 0.1) is 12.2 Å². The summed E-state index contributed by atoms with van der Waals surface area (Å²) in [7, 11) is 0. The molecule has 0 aromatic carbocycles. The summed E-state index contributed by atoms with van der Waals surface area (Å²) >= 11 is 0. The predicted octanol–water partition coefficient (Wildman–Crippen LogP) is 1.44. The molecule has 1 rings (SSSR count). The molecule has 0 spiro atoms. The van der Waals surface area contributed by atoms with Crippen molar-refractivity contribution in [2.24, 2.45) is 0 Å². The highest BCUT2D eigenvalue weighted by Crippen LogP contribution is 2.09. The lowest BCUT2D eigenvalue weighted by atomic mass is 10.1. The van der Waals surface area contributed by atoms with Crippen molar-refractivity contribution in [2.45, 2.75) is 12.8 Å². The van der Waals surface area contributed by atoms with Gasteiger partial charge in [-0.05, 0) is 6.92 Å². The Bertz CT molecular complexity index is 225. The Morgan fingerprint density at radius 2 is 2.25 bits per heavy atom. The molecule has 1 atom stereocenters. The van der Waals surface area contributed by atoms with Crippen LogP contribution in [-0.2, 0) is 4.79 Å². The highest BCUT2D eigenvalue weighted by atomic mass is 35.5. The van der Waals surface area contributed by atoms with Crippen molar-refractivity contribution in [1.82, 2.24) is 9.97 Å². The van der Waals surface area contributed by atoms with Gasteiger partial charge in [0.25, 0.3) is 0 Å². The van der Waals surface area contributed by atoms with Gasteiger partial charge >= 0.3 is 5.97 Å². The van der Waals surface area contributed by atoms with Gasteiger partial charge in [-0.15, -0.1) is 24.8 Å². The number of hydrogen-bond donors (Lipinski definition) is 2. The summed E-state index contributed by atoms with van der Waals surface area (Å²) < 4.78 is 0. The van der Waals surface area contributed by atoms with E-state index in [0.29, 0.717) is 5.69 Å². The molecule has 0 radical (unpaired) electrons. The highest BCUT2D eigenvalue weighted by Gasteiger charge is 2.13. The summed E-state index contributed by atoms with van der Waals surface area (Å²) in [6, 6.07) is 0. The fourth-order valence-electron chi connectivity index (χ4n) is 0.636. The molecule has 2 N–H and O–H groups in total. The standard InChI is InChI=1S/C6H8N2O2.2ClH/c1-4(6(9)10)5-2-7-3-8-5;;/h2-4H,1H3,(H,7,8)(H,9,10);2*1H. The van der Waals surface area contributed by atoms with E-state index in [-0.39, 0.29) is 24.8 Å². The van der Waals surface area contributed by atoms with E-state index in [0.717, 1.165) is 0 Å². The van der Waals surface area contributed by atoms with Gasteiger partial charge in [-0.1, -0.05) is 0 Å². The molecule has 70 valence electrons. The molecule has 0 aliphatic rings. The number of rotatable bonds is 2. The van der Waals surface area contributed by atoms with Gasteiger partial charge in [-0.3, -0.25) is 4.79 Å². The van der Waals surface area contributed by atoms with Crippen LogP contribution in [0.2, 0.25) is 0 Å². The first-order valence-corrected chi connectivity index (χ1v) is 2.93. The molecule has 0 saturated carbocycles. The minimum absolute atomic E-state index is 0. The van der Waals surface area contributed by atoms with E-state index in [1.165, 1.54) is 12.5 Å². The first kappa shape index (κ1) is 13.8. The van der Waals surface area contributed by atoms with Gasteiger partial charge in [0.1, 0.15) is 0 Å². The van der Waals surface area contributed by atoms with E-state index in [1.54, 1.807) is 6.92 Å². The van der Waals surface area contributed by atoms with E-state index < -0.39 is 11.9 Å². The van der Waals surface area contributed by atoms with Gasteiger partial charge in [0, 0.05) is 11.9 Å². The Morgan fingerprint density at radius 3 is 2.58 bits per heavy atom. The Balaban J connectivity index is 0. The lowest BCUT2D eigenvalue weighted by Gasteiger charge is -1.99. The molecule has 0 bridgehead atoms. The largest absolute Gasteiger partial charge is 0.481 e. The quantitative estimate of drug-likeness (QED) is 0.781. The molecule has 0 saturated heterocycles. The third-order valence-electron chi connectivity index (χ3n) is 1.36. The van der Waals surface area contributed by atoms with Crippen LogP contribution in [0.3, 0.4) is 0 Å². The van der Waals surface area contributed by atoms with Crippen LogP contribution in [0.15, 0.2) is 12.5 Å². The number of aliphatic carboxylic acids is 1. The number of H-pyrrole nitrogens is 1. The maximum Gasteiger partial charge on any atom is 0.312 e. The van der Waals surface area contributed by atoms with E-state index in [1.807, 2.05) is 0 Å². The van der Waals surface area contributed by atoms with Crippen LogP contribution >= 0.6 is 24.8 Å². The molecular formula is C6H10Cl2N2O2. The van der Waals surface area contributed by atoms with Gasteiger partial charge in [-0.2, -0.15) is 0 Å². The summed E-state index contributed by atoms with van der Waals surface area (Å²) in [5.41, 5.74) is 0.632. The van der Waals surface area contributed by atoms with Crippen LogP contribution in [0.25, 0.3) is 0 Å². The van der Waals surface area contributed by atoms with Crippen LogP contribution in [0.4, 0.5) is 0 Å². The van der Waals surface area contributed by atoms with Gasteiger partial charge in [-0.25, -0.2) is 4.98 Å². The third-order valence-corrected chi connectivity index (χ3v) is 1.36. The average Bonchev–Trinajstić information content (AvgIpc) is 2.36. The normalized spacial score (nSPS) is 10.8. The Kier molecular flexibility index (Phi) is 6.74. The monoisotopic (exact) mass is 212 g/mol. The molecule has 4 nitrogen and oxygen atoms in total. The maximum atomic E-state index is 10.3. The molecule has 6 heteroatoms. The second kappa shape index (κ2) is 5.85. The topological polar surface area (TPSA) is 66.0 Å². The summed E-state index contributed by atoms with van der Waals surface area (Å²) in [5, 5.41) is 8.51. The summed E-state index contributed by atoms with van der Waals surface area (Å²) in [6.07, 6.45) is 2.98. The molecular weight excluding hydrogens is 203 g/mol. The van der Waals surface area contributed by atoms with Crippen molar-refractivity contribution in [3.05, 3.63) is 18.2 Å². The van der Waals surface area contributed by atoms with Crippen LogP contribution in [-0.4, -0.2) is 21.0 Å². The number of carbonyl (C=O) groups is 1. The number of imidazole rings is 1. The Hall–Kier alpha value is -0.740. The summed E-state index contributed by atoms with van der Waals surface area (Å²) in [4.78, 5) is 16.8. The zero-order valence-corrected chi connectivity index (χ0v) is 7.98. The van der Waals surface area contributed by atoms with Gasteiger partial charge in [0.15, 0.2) is 0 Å². The average molecular weight is 213 g/mol. The molecule has 1 unspecified atom stereocenters. The molecule has 1 aromatic rings. The van der Waals surface area contributed by atoms with E-state index in [4.69, 9.17) is 5.11 Å². The highest BCUT2D eigenvalue weighted by molar-refractivity contribution is 5.85. The molecule has 1 aromatic heterocycles. The summed E-state index contributed by atoms with van der Waals surface area (Å²) in [5.74, 6) is -1.34. The van der Waals surface area contributed by atoms with E-state index in [2.05, 4.69) is 9.97 Å². The fourth-order valence-corrected chi connectivity index (χ4v) is 0.636. The molecule has 0 amide bonds. The first-order valence-electron chi connectivity index (χ1n) is 2.93. The molecule has 0 aliphatic carbocycles.